The summed E-state index contributed by atoms with van der Waals surface area (Å²) in [5, 5.41) is 8.55. The maximum Gasteiger partial charge on any atom is 0.417 e. The van der Waals surface area contributed by atoms with Crippen LogP contribution in [0.1, 0.15) is 11.3 Å². The Morgan fingerprint density at radius 2 is 2.14 bits per heavy atom. The summed E-state index contributed by atoms with van der Waals surface area (Å²) >= 11 is 0.868. The van der Waals surface area contributed by atoms with Gasteiger partial charge >= 0.3 is 6.18 Å². The van der Waals surface area contributed by atoms with Gasteiger partial charge in [0, 0.05) is 6.20 Å². The fourth-order valence-corrected chi connectivity index (χ4v) is 1.65. The van der Waals surface area contributed by atoms with Gasteiger partial charge in [-0.25, -0.2) is 4.98 Å². The molecule has 0 amide bonds. The summed E-state index contributed by atoms with van der Waals surface area (Å²) in [7, 11) is 0. The van der Waals surface area contributed by atoms with Gasteiger partial charge in [0.05, 0.1) is 10.5 Å². The Morgan fingerprint density at radius 1 is 1.50 bits per heavy atom. The van der Waals surface area contributed by atoms with Crippen LogP contribution in [-0.4, -0.2) is 11.2 Å². The fourth-order valence-electron chi connectivity index (χ4n) is 0.958. The Morgan fingerprint density at radius 3 is 2.57 bits per heavy atom. The molecule has 0 radical (unpaired) electrons. The van der Waals surface area contributed by atoms with Crippen molar-refractivity contribution >= 4 is 11.8 Å². The summed E-state index contributed by atoms with van der Waals surface area (Å²) < 4.78 is 37.2. The zero-order valence-corrected chi connectivity index (χ0v) is 7.91. The van der Waals surface area contributed by atoms with E-state index in [9.17, 15) is 13.2 Å². The molecule has 1 heterocycles. The van der Waals surface area contributed by atoms with Gasteiger partial charge in [0.15, 0.2) is 5.69 Å². The summed E-state index contributed by atoms with van der Waals surface area (Å²) in [6.07, 6.45) is -1.97. The van der Waals surface area contributed by atoms with E-state index in [-0.39, 0.29) is 10.6 Å². The minimum Gasteiger partial charge on any atom is -0.244 e. The number of thioether (sulfide) groups is 1. The highest BCUT2D eigenvalue weighted by Gasteiger charge is 2.34. The van der Waals surface area contributed by atoms with E-state index in [0.29, 0.717) is 0 Å². The van der Waals surface area contributed by atoms with Crippen LogP contribution in [0.15, 0.2) is 17.2 Å². The van der Waals surface area contributed by atoms with Crippen molar-refractivity contribution in [2.45, 2.75) is 11.1 Å². The molecule has 0 atom stereocenters. The molecule has 0 aliphatic carbocycles. The van der Waals surface area contributed by atoms with Crippen LogP contribution in [-0.2, 0) is 6.18 Å². The van der Waals surface area contributed by atoms with Crippen LogP contribution in [0.4, 0.5) is 13.2 Å². The molecule has 0 N–H and O–H groups in total. The molecule has 14 heavy (non-hydrogen) atoms. The van der Waals surface area contributed by atoms with Gasteiger partial charge in [0.25, 0.3) is 0 Å². The number of alkyl halides is 3. The third-order valence-electron chi connectivity index (χ3n) is 1.52. The lowest BCUT2D eigenvalue weighted by atomic mass is 10.2. The quantitative estimate of drug-likeness (QED) is 0.680. The average molecular weight is 218 g/mol. The number of hydrogen-bond acceptors (Lipinski definition) is 3. The molecule has 0 fully saturated rings. The maximum absolute atomic E-state index is 12.4. The summed E-state index contributed by atoms with van der Waals surface area (Å²) in [5.41, 5.74) is -0.996. The molecule has 0 aliphatic rings. The van der Waals surface area contributed by atoms with Crippen molar-refractivity contribution in [3.8, 4) is 6.07 Å². The standard InChI is InChI=1S/C8H5F3N2S/c1-14-7-5(8(9,10)11)2-3-13-6(7)4-12/h2-3H,1H3. The van der Waals surface area contributed by atoms with Gasteiger partial charge in [-0.3, -0.25) is 0 Å². The second-order valence-corrected chi connectivity index (χ2v) is 3.17. The minimum absolute atomic E-state index is 0.123. The molecule has 2 nitrogen and oxygen atoms in total. The van der Waals surface area contributed by atoms with Gasteiger partial charge in [0.1, 0.15) is 6.07 Å². The third-order valence-corrected chi connectivity index (χ3v) is 2.34. The summed E-state index contributed by atoms with van der Waals surface area (Å²) in [4.78, 5) is 3.44. The molecule has 0 aliphatic heterocycles. The average Bonchev–Trinajstić information content (AvgIpc) is 2.15. The highest BCUT2D eigenvalue weighted by Crippen LogP contribution is 2.36. The normalized spacial score (nSPS) is 11.1. The molecule has 0 spiro atoms. The van der Waals surface area contributed by atoms with E-state index in [1.165, 1.54) is 6.26 Å². The topological polar surface area (TPSA) is 36.7 Å². The van der Waals surface area contributed by atoms with Crippen LogP contribution >= 0.6 is 11.8 Å². The van der Waals surface area contributed by atoms with Crippen LogP contribution in [0.3, 0.4) is 0 Å². The zero-order valence-electron chi connectivity index (χ0n) is 7.09. The first-order valence-corrected chi connectivity index (χ1v) is 4.73. The molecule has 1 rings (SSSR count). The number of hydrogen-bond donors (Lipinski definition) is 0. The van der Waals surface area contributed by atoms with Crippen molar-refractivity contribution in [2.24, 2.45) is 0 Å². The van der Waals surface area contributed by atoms with Crippen LogP contribution < -0.4 is 0 Å². The van der Waals surface area contributed by atoms with E-state index in [1.54, 1.807) is 6.07 Å². The highest BCUT2D eigenvalue weighted by molar-refractivity contribution is 7.98. The lowest BCUT2D eigenvalue weighted by molar-refractivity contribution is -0.139. The van der Waals surface area contributed by atoms with E-state index in [0.717, 1.165) is 24.0 Å². The zero-order chi connectivity index (χ0) is 10.8. The predicted molar refractivity (Wildman–Crippen MR) is 45.7 cm³/mol. The van der Waals surface area contributed by atoms with Crippen molar-refractivity contribution in [1.29, 1.82) is 5.26 Å². The first-order valence-electron chi connectivity index (χ1n) is 3.51. The molecule has 0 aromatic carbocycles. The van der Waals surface area contributed by atoms with Crippen LogP contribution in [0.5, 0.6) is 0 Å². The van der Waals surface area contributed by atoms with Crippen molar-refractivity contribution in [2.75, 3.05) is 6.26 Å². The summed E-state index contributed by atoms with van der Waals surface area (Å²) in [5.74, 6) is 0. The van der Waals surface area contributed by atoms with E-state index in [2.05, 4.69) is 4.98 Å². The van der Waals surface area contributed by atoms with Gasteiger partial charge in [-0.2, -0.15) is 18.4 Å². The van der Waals surface area contributed by atoms with E-state index >= 15 is 0 Å². The fraction of sp³-hybridized carbons (Fsp3) is 0.250. The highest BCUT2D eigenvalue weighted by atomic mass is 32.2. The number of rotatable bonds is 1. The molecular formula is C8H5F3N2S. The Bertz CT molecular complexity index is 381. The number of pyridine rings is 1. The number of halogens is 3. The molecule has 1 aromatic heterocycles. The number of nitriles is 1. The molecule has 74 valence electrons. The monoisotopic (exact) mass is 218 g/mol. The van der Waals surface area contributed by atoms with E-state index < -0.39 is 11.7 Å². The van der Waals surface area contributed by atoms with Crippen molar-refractivity contribution in [3.05, 3.63) is 23.5 Å². The largest absolute Gasteiger partial charge is 0.417 e. The van der Waals surface area contributed by atoms with Gasteiger partial charge in [0.2, 0.25) is 0 Å². The molecule has 0 bridgehead atoms. The van der Waals surface area contributed by atoms with Gasteiger partial charge in [-0.15, -0.1) is 11.8 Å². The first kappa shape index (κ1) is 10.9. The second-order valence-electron chi connectivity index (χ2n) is 2.35. The summed E-state index contributed by atoms with van der Waals surface area (Å²) in [6.45, 7) is 0. The van der Waals surface area contributed by atoms with Gasteiger partial charge < -0.3 is 0 Å². The molecule has 0 saturated heterocycles. The predicted octanol–water partition coefficient (Wildman–Crippen LogP) is 2.69. The Labute approximate surface area is 82.8 Å². The number of aromatic nitrogens is 1. The molecule has 6 heteroatoms. The van der Waals surface area contributed by atoms with Crippen LogP contribution in [0.2, 0.25) is 0 Å². The Kier molecular flexibility index (Phi) is 3.01. The smallest absolute Gasteiger partial charge is 0.244 e. The van der Waals surface area contributed by atoms with E-state index in [1.807, 2.05) is 0 Å². The van der Waals surface area contributed by atoms with Crippen LogP contribution in [0, 0.1) is 11.3 Å². The molecule has 0 unspecified atom stereocenters. The van der Waals surface area contributed by atoms with Crippen LogP contribution in [0.25, 0.3) is 0 Å². The lowest BCUT2D eigenvalue weighted by Crippen LogP contribution is -2.08. The molecular weight excluding hydrogens is 213 g/mol. The maximum atomic E-state index is 12.4. The minimum atomic E-state index is -4.44. The van der Waals surface area contributed by atoms with Crippen molar-refractivity contribution in [3.63, 3.8) is 0 Å². The molecule has 0 saturated carbocycles. The molecule has 1 aromatic rings. The number of nitrogens with zero attached hydrogens (tertiary/aromatic N) is 2. The Hall–Kier alpha value is -1.22. The SMILES string of the molecule is CSc1c(C(F)(F)F)ccnc1C#N. The second kappa shape index (κ2) is 3.88. The van der Waals surface area contributed by atoms with Gasteiger partial charge in [-0.05, 0) is 12.3 Å². The third kappa shape index (κ3) is 1.99. The lowest BCUT2D eigenvalue weighted by Gasteiger charge is -2.10. The van der Waals surface area contributed by atoms with Crippen molar-refractivity contribution < 1.29 is 13.2 Å². The Balaban J connectivity index is 3.39. The van der Waals surface area contributed by atoms with Crippen molar-refractivity contribution in [1.82, 2.24) is 4.98 Å². The van der Waals surface area contributed by atoms with Gasteiger partial charge in [-0.1, -0.05) is 0 Å². The van der Waals surface area contributed by atoms with E-state index in [4.69, 9.17) is 5.26 Å². The first-order chi connectivity index (χ1) is 6.50. The summed E-state index contributed by atoms with van der Waals surface area (Å²) in [6, 6.07) is 2.49.